The molecule has 0 aromatic carbocycles. The van der Waals surface area contributed by atoms with E-state index >= 15 is 0 Å². The second-order valence-electron chi connectivity index (χ2n) is 7.08. The summed E-state index contributed by atoms with van der Waals surface area (Å²) in [6.45, 7) is 8.18. The van der Waals surface area contributed by atoms with Crippen molar-refractivity contribution < 1.29 is 18.7 Å². The van der Waals surface area contributed by atoms with Gasteiger partial charge in [-0.15, -0.1) is 0 Å². The van der Waals surface area contributed by atoms with E-state index in [0.29, 0.717) is 31.0 Å². The van der Waals surface area contributed by atoms with Crippen LogP contribution in [-0.4, -0.2) is 74.1 Å². The van der Waals surface area contributed by atoms with E-state index in [1.165, 1.54) is 6.26 Å². The average Bonchev–Trinajstić information content (AvgIpc) is 3.11. The number of nitrogens with one attached hydrogen (secondary N) is 1. The van der Waals surface area contributed by atoms with Crippen molar-refractivity contribution in [1.82, 2.24) is 15.1 Å². The Labute approximate surface area is 154 Å². The molecule has 1 unspecified atom stereocenters. The molecule has 1 N–H and O–H groups in total. The van der Waals surface area contributed by atoms with Crippen LogP contribution in [0.4, 0.5) is 0 Å². The van der Waals surface area contributed by atoms with Crippen molar-refractivity contribution in [2.75, 3.05) is 52.5 Å². The zero-order valence-electron chi connectivity index (χ0n) is 15.5. The summed E-state index contributed by atoms with van der Waals surface area (Å²) in [5.74, 6) is 0.530. The van der Waals surface area contributed by atoms with Crippen LogP contribution in [0.3, 0.4) is 0 Å². The van der Waals surface area contributed by atoms with Crippen LogP contribution >= 0.6 is 0 Å². The number of piperidine rings is 1. The molecule has 2 aliphatic rings. The van der Waals surface area contributed by atoms with Gasteiger partial charge in [0.15, 0.2) is 0 Å². The zero-order valence-corrected chi connectivity index (χ0v) is 15.5. The summed E-state index contributed by atoms with van der Waals surface area (Å²) >= 11 is 0. The molecule has 7 heteroatoms. The first-order chi connectivity index (χ1) is 12.6. The van der Waals surface area contributed by atoms with Gasteiger partial charge >= 0.3 is 0 Å². The first-order valence-corrected chi connectivity index (χ1v) is 9.56. The topological polar surface area (TPSA) is 75.0 Å². The average molecular weight is 363 g/mol. The van der Waals surface area contributed by atoms with E-state index in [2.05, 4.69) is 10.2 Å². The molecule has 2 aliphatic heterocycles. The number of hydrogen-bond acceptors (Lipinski definition) is 5. The summed E-state index contributed by atoms with van der Waals surface area (Å²) in [7, 11) is 0. The van der Waals surface area contributed by atoms with E-state index in [4.69, 9.17) is 9.15 Å². The van der Waals surface area contributed by atoms with E-state index in [-0.39, 0.29) is 17.7 Å². The van der Waals surface area contributed by atoms with Crippen LogP contribution in [0.15, 0.2) is 16.7 Å². The number of morpholine rings is 1. The van der Waals surface area contributed by atoms with Gasteiger partial charge in [0, 0.05) is 32.7 Å². The first kappa shape index (κ1) is 18.9. The zero-order chi connectivity index (χ0) is 18.4. The summed E-state index contributed by atoms with van der Waals surface area (Å²) < 4.78 is 10.6. The third kappa shape index (κ3) is 4.86. The molecule has 1 aromatic rings. The van der Waals surface area contributed by atoms with Gasteiger partial charge in [0.2, 0.25) is 5.91 Å². The molecule has 0 radical (unpaired) electrons. The largest absolute Gasteiger partial charge is 0.469 e. The van der Waals surface area contributed by atoms with Gasteiger partial charge in [0.1, 0.15) is 5.76 Å². The normalized spacial score (nSPS) is 21.6. The molecular formula is C19H29N3O4. The molecule has 144 valence electrons. The highest BCUT2D eigenvalue weighted by molar-refractivity contribution is 5.95. The van der Waals surface area contributed by atoms with Gasteiger partial charge in [-0.25, -0.2) is 0 Å². The molecule has 2 amide bonds. The van der Waals surface area contributed by atoms with Crippen molar-refractivity contribution in [3.8, 4) is 0 Å². The van der Waals surface area contributed by atoms with Crippen LogP contribution in [0.5, 0.6) is 0 Å². The van der Waals surface area contributed by atoms with E-state index in [0.717, 1.165) is 52.1 Å². The fourth-order valence-electron chi connectivity index (χ4n) is 3.64. The summed E-state index contributed by atoms with van der Waals surface area (Å²) in [5.41, 5.74) is 0.594. The molecule has 1 atom stereocenters. The molecule has 0 aliphatic carbocycles. The number of carbonyl (C=O) groups is 2. The summed E-state index contributed by atoms with van der Waals surface area (Å²) in [6.07, 6.45) is 4.17. The highest BCUT2D eigenvalue weighted by Gasteiger charge is 2.29. The van der Waals surface area contributed by atoms with Gasteiger partial charge < -0.3 is 19.4 Å². The molecule has 0 bridgehead atoms. The number of amides is 2. The highest BCUT2D eigenvalue weighted by Crippen LogP contribution is 2.20. The number of nitrogens with zero attached hydrogens (tertiary/aromatic N) is 2. The predicted molar refractivity (Wildman–Crippen MR) is 97.0 cm³/mol. The molecule has 0 spiro atoms. The van der Waals surface area contributed by atoms with Crippen LogP contribution in [-0.2, 0) is 9.53 Å². The van der Waals surface area contributed by atoms with Crippen molar-refractivity contribution >= 4 is 11.8 Å². The Morgan fingerprint density at radius 3 is 2.81 bits per heavy atom. The number of aryl methyl sites for hydroxylation is 1. The number of furan rings is 1. The molecule has 3 rings (SSSR count). The molecule has 26 heavy (non-hydrogen) atoms. The van der Waals surface area contributed by atoms with Crippen LogP contribution in [0.1, 0.15) is 35.4 Å². The monoisotopic (exact) mass is 363 g/mol. The smallest absolute Gasteiger partial charge is 0.257 e. The fourth-order valence-corrected chi connectivity index (χ4v) is 3.64. The molecular weight excluding hydrogens is 334 g/mol. The first-order valence-electron chi connectivity index (χ1n) is 9.56. The van der Waals surface area contributed by atoms with Gasteiger partial charge in [-0.05, 0) is 38.8 Å². The van der Waals surface area contributed by atoms with Crippen LogP contribution in [0.25, 0.3) is 0 Å². The van der Waals surface area contributed by atoms with Crippen molar-refractivity contribution in [3.05, 3.63) is 23.7 Å². The Morgan fingerprint density at radius 1 is 1.27 bits per heavy atom. The molecule has 2 fully saturated rings. The lowest BCUT2D eigenvalue weighted by Gasteiger charge is -2.32. The Balaban J connectivity index is 1.41. The third-order valence-electron chi connectivity index (χ3n) is 5.22. The van der Waals surface area contributed by atoms with Gasteiger partial charge in [-0.1, -0.05) is 0 Å². The van der Waals surface area contributed by atoms with Gasteiger partial charge in [0.05, 0.1) is 31.0 Å². The van der Waals surface area contributed by atoms with Gasteiger partial charge in [-0.3, -0.25) is 14.5 Å². The number of carbonyl (C=O) groups excluding carboxylic acids is 2. The Morgan fingerprint density at radius 2 is 2.08 bits per heavy atom. The van der Waals surface area contributed by atoms with E-state index in [1.807, 2.05) is 0 Å². The van der Waals surface area contributed by atoms with Crippen molar-refractivity contribution in [3.63, 3.8) is 0 Å². The van der Waals surface area contributed by atoms with E-state index in [9.17, 15) is 9.59 Å². The predicted octanol–water partition coefficient (Wildman–Crippen LogP) is 1.28. The van der Waals surface area contributed by atoms with Crippen molar-refractivity contribution in [2.45, 2.75) is 26.2 Å². The quantitative estimate of drug-likeness (QED) is 0.771. The molecule has 0 saturated carbocycles. The summed E-state index contributed by atoms with van der Waals surface area (Å²) in [5, 5.41) is 3.04. The van der Waals surface area contributed by atoms with Gasteiger partial charge in [0.25, 0.3) is 5.91 Å². The van der Waals surface area contributed by atoms with Crippen LogP contribution in [0, 0.1) is 12.8 Å². The Kier molecular flexibility index (Phi) is 6.68. The van der Waals surface area contributed by atoms with E-state index in [1.54, 1.807) is 17.9 Å². The number of rotatable bonds is 6. The maximum Gasteiger partial charge on any atom is 0.257 e. The SMILES string of the molecule is Cc1occc1C(=O)N1CCCC(C(=O)NCCCN2CCOCC2)C1. The second kappa shape index (κ2) is 9.19. The molecule has 7 nitrogen and oxygen atoms in total. The lowest BCUT2D eigenvalue weighted by atomic mass is 9.96. The minimum absolute atomic E-state index is 0.0407. The van der Waals surface area contributed by atoms with Crippen LogP contribution < -0.4 is 5.32 Å². The minimum Gasteiger partial charge on any atom is -0.469 e. The van der Waals surface area contributed by atoms with Gasteiger partial charge in [-0.2, -0.15) is 0 Å². The molecule has 1 aromatic heterocycles. The Bertz CT molecular complexity index is 610. The molecule has 3 heterocycles. The number of hydrogen-bond donors (Lipinski definition) is 1. The number of likely N-dealkylation sites (tertiary alicyclic amines) is 1. The summed E-state index contributed by atoms with van der Waals surface area (Å²) in [4.78, 5) is 29.2. The molecule has 2 saturated heterocycles. The maximum atomic E-state index is 12.6. The van der Waals surface area contributed by atoms with Crippen LogP contribution in [0.2, 0.25) is 0 Å². The highest BCUT2D eigenvalue weighted by atomic mass is 16.5. The maximum absolute atomic E-state index is 12.6. The van der Waals surface area contributed by atoms with Crippen molar-refractivity contribution in [2.24, 2.45) is 5.92 Å². The lowest BCUT2D eigenvalue weighted by molar-refractivity contribution is -0.126. The second-order valence-corrected chi connectivity index (χ2v) is 7.08. The Hall–Kier alpha value is -1.86. The number of ether oxygens (including phenoxy) is 1. The summed E-state index contributed by atoms with van der Waals surface area (Å²) in [6, 6.07) is 1.70. The van der Waals surface area contributed by atoms with Crippen molar-refractivity contribution in [1.29, 1.82) is 0 Å². The standard InChI is InChI=1S/C19H29N3O4/c1-15-17(5-11-26-15)19(24)22-8-2-4-16(14-22)18(23)20-6-3-7-21-9-12-25-13-10-21/h5,11,16H,2-4,6-10,12-14H2,1H3,(H,20,23). The lowest BCUT2D eigenvalue weighted by Crippen LogP contribution is -2.46. The third-order valence-corrected chi connectivity index (χ3v) is 5.22. The fraction of sp³-hybridized carbons (Fsp3) is 0.684. The minimum atomic E-state index is -0.122. The van der Waals surface area contributed by atoms with E-state index < -0.39 is 0 Å².